The average molecular weight is 322 g/mol. The molecule has 120 valence electrons. The molecular formula is C15H22N4O2S. The van der Waals surface area contributed by atoms with E-state index in [-0.39, 0.29) is 17.7 Å². The van der Waals surface area contributed by atoms with Gasteiger partial charge in [0.25, 0.3) is 0 Å². The maximum Gasteiger partial charge on any atom is 0.224 e. The third kappa shape index (κ3) is 3.58. The van der Waals surface area contributed by atoms with Gasteiger partial charge in [-0.15, -0.1) is 11.3 Å². The first-order chi connectivity index (χ1) is 10.6. The number of nitrogens with one attached hydrogen (secondary N) is 1. The largest absolute Gasteiger partial charge is 0.355 e. The van der Waals surface area contributed by atoms with Gasteiger partial charge >= 0.3 is 0 Å². The lowest BCUT2D eigenvalue weighted by molar-refractivity contribution is -0.131. The van der Waals surface area contributed by atoms with E-state index < -0.39 is 0 Å². The van der Waals surface area contributed by atoms with Crippen molar-refractivity contribution in [3.05, 3.63) is 11.6 Å². The van der Waals surface area contributed by atoms with E-state index in [1.54, 1.807) is 17.5 Å². The van der Waals surface area contributed by atoms with E-state index in [1.807, 2.05) is 10.3 Å². The molecule has 1 aliphatic carbocycles. The Bertz CT molecular complexity index is 526. The zero-order valence-corrected chi connectivity index (χ0v) is 13.6. The van der Waals surface area contributed by atoms with Crippen LogP contribution in [0.3, 0.4) is 0 Å². The quantitative estimate of drug-likeness (QED) is 0.877. The van der Waals surface area contributed by atoms with Gasteiger partial charge in [-0.05, 0) is 12.3 Å². The first-order valence-electron chi connectivity index (χ1n) is 7.85. The fourth-order valence-corrected chi connectivity index (χ4v) is 3.49. The van der Waals surface area contributed by atoms with E-state index in [0.717, 1.165) is 37.7 Å². The Morgan fingerprint density at radius 3 is 2.68 bits per heavy atom. The van der Waals surface area contributed by atoms with Gasteiger partial charge in [-0.2, -0.15) is 0 Å². The molecule has 0 radical (unpaired) electrons. The van der Waals surface area contributed by atoms with Crippen molar-refractivity contribution in [3.63, 3.8) is 0 Å². The number of carbonyl (C=O) groups excluding carboxylic acids is 2. The maximum atomic E-state index is 12.2. The molecule has 1 aromatic heterocycles. The van der Waals surface area contributed by atoms with Crippen molar-refractivity contribution >= 4 is 28.3 Å². The first-order valence-corrected chi connectivity index (χ1v) is 8.73. The molecule has 2 amide bonds. The van der Waals surface area contributed by atoms with Gasteiger partial charge in [0.2, 0.25) is 11.8 Å². The molecule has 2 fully saturated rings. The zero-order valence-electron chi connectivity index (χ0n) is 12.8. The summed E-state index contributed by atoms with van der Waals surface area (Å²) in [5.74, 6) is 0.920. The minimum atomic E-state index is 0.105. The summed E-state index contributed by atoms with van der Waals surface area (Å²) in [6.07, 6.45) is 3.18. The molecule has 1 saturated heterocycles. The highest BCUT2D eigenvalue weighted by Crippen LogP contribution is 2.37. The third-order valence-corrected chi connectivity index (χ3v) is 5.24. The monoisotopic (exact) mass is 322 g/mol. The Hall–Kier alpha value is -1.63. The van der Waals surface area contributed by atoms with Gasteiger partial charge in [-0.3, -0.25) is 9.59 Å². The number of hydrogen-bond donors (Lipinski definition) is 1. The Labute approximate surface area is 134 Å². The highest BCUT2D eigenvalue weighted by Gasteiger charge is 2.38. The number of rotatable bonds is 5. The summed E-state index contributed by atoms with van der Waals surface area (Å²) in [5.41, 5.74) is 0. The van der Waals surface area contributed by atoms with Crippen molar-refractivity contribution in [1.29, 1.82) is 0 Å². The number of carbonyl (C=O) groups is 2. The van der Waals surface area contributed by atoms with Crippen LogP contribution in [0.15, 0.2) is 11.6 Å². The van der Waals surface area contributed by atoms with E-state index in [9.17, 15) is 9.59 Å². The van der Waals surface area contributed by atoms with Crippen molar-refractivity contribution in [3.8, 4) is 0 Å². The Morgan fingerprint density at radius 2 is 2.09 bits per heavy atom. The summed E-state index contributed by atoms with van der Waals surface area (Å²) in [6.45, 7) is 5.64. The Kier molecular flexibility index (Phi) is 4.61. The molecule has 2 heterocycles. The van der Waals surface area contributed by atoms with Crippen LogP contribution in [0.25, 0.3) is 0 Å². The average Bonchev–Trinajstić information content (AvgIpc) is 3.03. The van der Waals surface area contributed by atoms with Crippen LogP contribution in [0, 0.1) is 11.8 Å². The number of anilines is 1. The van der Waals surface area contributed by atoms with E-state index in [1.165, 1.54) is 0 Å². The number of nitrogens with zero attached hydrogens (tertiary/aromatic N) is 3. The second kappa shape index (κ2) is 6.64. The highest BCUT2D eigenvalue weighted by atomic mass is 32.1. The smallest absolute Gasteiger partial charge is 0.224 e. The molecule has 6 nitrogen and oxygen atoms in total. The van der Waals surface area contributed by atoms with E-state index in [4.69, 9.17) is 0 Å². The van der Waals surface area contributed by atoms with Crippen LogP contribution in [0.2, 0.25) is 0 Å². The summed E-state index contributed by atoms with van der Waals surface area (Å²) in [7, 11) is 0. The second-order valence-corrected chi connectivity index (χ2v) is 6.92. The number of piperazine rings is 1. The lowest BCUT2D eigenvalue weighted by Crippen LogP contribution is -2.49. The van der Waals surface area contributed by atoms with E-state index >= 15 is 0 Å². The first kappa shape index (κ1) is 15.3. The lowest BCUT2D eigenvalue weighted by Gasteiger charge is -2.34. The lowest BCUT2D eigenvalue weighted by atomic mass is 10.2. The van der Waals surface area contributed by atoms with Crippen molar-refractivity contribution < 1.29 is 9.59 Å². The number of aromatic nitrogens is 1. The van der Waals surface area contributed by atoms with Gasteiger partial charge in [0, 0.05) is 56.6 Å². The zero-order chi connectivity index (χ0) is 15.5. The number of thiazole rings is 1. The SMILES string of the molecule is C[C@@H]1C[C@@H]1C(=O)NCCC(=O)N1CCN(c2nccs2)CC1. The summed E-state index contributed by atoms with van der Waals surface area (Å²) < 4.78 is 0. The van der Waals surface area contributed by atoms with Gasteiger partial charge < -0.3 is 15.1 Å². The number of amides is 2. The van der Waals surface area contributed by atoms with Crippen molar-refractivity contribution in [2.45, 2.75) is 19.8 Å². The van der Waals surface area contributed by atoms with Crippen LogP contribution in [0.5, 0.6) is 0 Å². The molecule has 0 unspecified atom stereocenters. The molecule has 2 atom stereocenters. The van der Waals surface area contributed by atoms with Crippen molar-refractivity contribution in [1.82, 2.24) is 15.2 Å². The third-order valence-electron chi connectivity index (χ3n) is 4.41. The second-order valence-electron chi connectivity index (χ2n) is 6.04. The summed E-state index contributed by atoms with van der Waals surface area (Å²) in [5, 5.41) is 5.87. The Morgan fingerprint density at radius 1 is 1.36 bits per heavy atom. The standard InChI is InChI=1S/C15H22N4O2S/c1-11-10-12(11)14(21)16-3-2-13(20)18-5-7-19(8-6-18)15-17-4-9-22-15/h4,9,11-12H,2-3,5-8,10H2,1H3,(H,16,21)/t11-,12+/m1/s1. The van der Waals surface area contributed by atoms with Crippen LogP contribution in [-0.2, 0) is 9.59 Å². The summed E-state index contributed by atoms with van der Waals surface area (Å²) in [6, 6.07) is 0. The van der Waals surface area contributed by atoms with Crippen LogP contribution in [-0.4, -0.2) is 54.4 Å². The van der Waals surface area contributed by atoms with Gasteiger partial charge in [0.1, 0.15) is 0 Å². The fraction of sp³-hybridized carbons (Fsp3) is 0.667. The van der Waals surface area contributed by atoms with E-state index in [0.29, 0.717) is 18.9 Å². The molecule has 0 spiro atoms. The molecule has 1 aliphatic heterocycles. The minimum absolute atomic E-state index is 0.105. The van der Waals surface area contributed by atoms with Crippen LogP contribution < -0.4 is 10.2 Å². The van der Waals surface area contributed by atoms with Crippen molar-refractivity contribution in [2.75, 3.05) is 37.6 Å². The van der Waals surface area contributed by atoms with Crippen LogP contribution in [0.1, 0.15) is 19.8 Å². The molecule has 2 aliphatic rings. The normalized spacial score (nSPS) is 24.2. The van der Waals surface area contributed by atoms with Crippen molar-refractivity contribution in [2.24, 2.45) is 11.8 Å². The predicted molar refractivity (Wildman–Crippen MR) is 85.8 cm³/mol. The molecule has 1 N–H and O–H groups in total. The number of hydrogen-bond acceptors (Lipinski definition) is 5. The highest BCUT2D eigenvalue weighted by molar-refractivity contribution is 7.13. The van der Waals surface area contributed by atoms with Gasteiger partial charge in [-0.25, -0.2) is 4.98 Å². The van der Waals surface area contributed by atoms with Gasteiger partial charge in [0.15, 0.2) is 5.13 Å². The van der Waals surface area contributed by atoms with Crippen LogP contribution in [0.4, 0.5) is 5.13 Å². The topological polar surface area (TPSA) is 65.5 Å². The molecule has 1 aromatic rings. The molecule has 7 heteroatoms. The van der Waals surface area contributed by atoms with Gasteiger partial charge in [-0.1, -0.05) is 6.92 Å². The minimum Gasteiger partial charge on any atom is -0.355 e. The van der Waals surface area contributed by atoms with E-state index in [2.05, 4.69) is 22.1 Å². The fourth-order valence-electron chi connectivity index (χ4n) is 2.79. The van der Waals surface area contributed by atoms with Crippen LogP contribution >= 0.6 is 11.3 Å². The molecule has 1 saturated carbocycles. The molecular weight excluding hydrogens is 300 g/mol. The summed E-state index contributed by atoms with van der Waals surface area (Å²) >= 11 is 1.63. The molecule has 3 rings (SSSR count). The molecule has 0 aromatic carbocycles. The molecule has 22 heavy (non-hydrogen) atoms. The predicted octanol–water partition coefficient (Wildman–Crippen LogP) is 0.954. The van der Waals surface area contributed by atoms with Gasteiger partial charge in [0.05, 0.1) is 0 Å². The molecule has 0 bridgehead atoms. The Balaban J connectivity index is 1.36. The summed E-state index contributed by atoms with van der Waals surface area (Å²) in [4.78, 5) is 32.3. The maximum absolute atomic E-state index is 12.2.